The molecule has 4 heteroatoms. The van der Waals surface area contributed by atoms with Gasteiger partial charge in [-0.1, -0.05) is 11.6 Å². The van der Waals surface area contributed by atoms with Gasteiger partial charge in [0.1, 0.15) is 12.4 Å². The maximum absolute atomic E-state index is 5.86. The molecule has 1 aliphatic rings. The van der Waals surface area contributed by atoms with Gasteiger partial charge < -0.3 is 10.1 Å². The molecule has 2 rings (SSSR count). The lowest BCUT2D eigenvalue weighted by Crippen LogP contribution is -2.46. The van der Waals surface area contributed by atoms with Gasteiger partial charge in [0.05, 0.1) is 4.47 Å². The third kappa shape index (κ3) is 2.41. The molecule has 1 fully saturated rings. The molecule has 0 saturated carbocycles. The Morgan fingerprint density at radius 2 is 2.36 bits per heavy atom. The molecule has 1 heterocycles. The first-order valence-corrected chi connectivity index (χ1v) is 5.74. The summed E-state index contributed by atoms with van der Waals surface area (Å²) in [4.78, 5) is 0. The van der Waals surface area contributed by atoms with Crippen LogP contribution < -0.4 is 10.1 Å². The van der Waals surface area contributed by atoms with Crippen LogP contribution in [-0.4, -0.2) is 19.2 Å². The van der Waals surface area contributed by atoms with E-state index in [0.717, 1.165) is 16.8 Å². The predicted octanol–water partition coefficient (Wildman–Crippen LogP) is 2.84. The highest BCUT2D eigenvalue weighted by molar-refractivity contribution is 9.10. The first-order chi connectivity index (χ1) is 6.75. The molecule has 0 aromatic heterocycles. The highest BCUT2D eigenvalue weighted by Gasteiger charge is 2.17. The molecular weight excluding hydrogens is 265 g/mol. The Morgan fingerprint density at radius 3 is 3.00 bits per heavy atom. The average Bonchev–Trinajstić information content (AvgIpc) is 2.08. The summed E-state index contributed by atoms with van der Waals surface area (Å²) >= 11 is 9.28. The van der Waals surface area contributed by atoms with Crippen molar-refractivity contribution in [3.05, 3.63) is 27.7 Å². The number of nitrogens with one attached hydrogen (secondary N) is 1. The topological polar surface area (TPSA) is 21.3 Å². The van der Waals surface area contributed by atoms with E-state index in [1.807, 2.05) is 18.2 Å². The van der Waals surface area contributed by atoms with E-state index in [9.17, 15) is 0 Å². The Bertz CT molecular complexity index is 328. The number of hydrogen-bond acceptors (Lipinski definition) is 2. The predicted molar refractivity (Wildman–Crippen MR) is 61.1 cm³/mol. The number of ether oxygens (including phenoxy) is 1. The van der Waals surface area contributed by atoms with E-state index in [0.29, 0.717) is 17.7 Å². The number of rotatable bonds is 3. The molecule has 1 aromatic rings. The lowest BCUT2D eigenvalue weighted by atomic mass is 10.1. The molecule has 1 unspecified atom stereocenters. The van der Waals surface area contributed by atoms with Crippen LogP contribution in [0.25, 0.3) is 0 Å². The fraction of sp³-hybridized carbons (Fsp3) is 0.400. The van der Waals surface area contributed by atoms with Gasteiger partial charge in [0, 0.05) is 11.1 Å². The quantitative estimate of drug-likeness (QED) is 0.916. The molecular formula is C10H11BrClNO. The molecule has 1 saturated heterocycles. The fourth-order valence-electron chi connectivity index (χ4n) is 1.27. The highest BCUT2D eigenvalue weighted by Crippen LogP contribution is 2.28. The Balaban J connectivity index is 1.96. The zero-order valence-corrected chi connectivity index (χ0v) is 9.94. The molecule has 2 nitrogen and oxygen atoms in total. The van der Waals surface area contributed by atoms with Crippen molar-refractivity contribution >= 4 is 27.5 Å². The van der Waals surface area contributed by atoms with E-state index in [-0.39, 0.29) is 0 Å². The van der Waals surface area contributed by atoms with Crippen molar-refractivity contribution in [3.63, 3.8) is 0 Å². The molecule has 1 aliphatic heterocycles. The van der Waals surface area contributed by atoms with Gasteiger partial charge in [-0.05, 0) is 47.1 Å². The van der Waals surface area contributed by atoms with Crippen molar-refractivity contribution in [2.75, 3.05) is 13.2 Å². The maximum atomic E-state index is 5.86. The van der Waals surface area contributed by atoms with Crippen molar-refractivity contribution < 1.29 is 4.74 Å². The highest BCUT2D eigenvalue weighted by atomic mass is 79.9. The molecule has 0 spiro atoms. The minimum absolute atomic E-state index is 0.501. The monoisotopic (exact) mass is 275 g/mol. The largest absolute Gasteiger partial charge is 0.491 e. The maximum Gasteiger partial charge on any atom is 0.135 e. The van der Waals surface area contributed by atoms with Crippen LogP contribution in [-0.2, 0) is 0 Å². The zero-order chi connectivity index (χ0) is 9.97. The fourth-order valence-corrected chi connectivity index (χ4v) is 1.79. The first-order valence-electron chi connectivity index (χ1n) is 4.57. The minimum atomic E-state index is 0.501. The summed E-state index contributed by atoms with van der Waals surface area (Å²) in [5.41, 5.74) is 0. The van der Waals surface area contributed by atoms with Gasteiger partial charge in [-0.15, -0.1) is 0 Å². The standard InChI is InChI=1S/C10H11BrClNO/c11-9-2-1-7(12)5-10(9)14-6-8-3-4-13-8/h1-2,5,8,13H,3-4,6H2. The van der Waals surface area contributed by atoms with Crippen LogP contribution in [0, 0.1) is 0 Å². The summed E-state index contributed by atoms with van der Waals surface area (Å²) in [6, 6.07) is 6.05. The van der Waals surface area contributed by atoms with Crippen molar-refractivity contribution in [2.45, 2.75) is 12.5 Å². The van der Waals surface area contributed by atoms with E-state index in [4.69, 9.17) is 16.3 Å². The van der Waals surface area contributed by atoms with Crippen LogP contribution in [0.2, 0.25) is 5.02 Å². The van der Waals surface area contributed by atoms with Gasteiger partial charge in [0.2, 0.25) is 0 Å². The van der Waals surface area contributed by atoms with Gasteiger partial charge >= 0.3 is 0 Å². The molecule has 0 radical (unpaired) electrons. The summed E-state index contributed by atoms with van der Waals surface area (Å²) in [6.45, 7) is 1.81. The molecule has 0 bridgehead atoms. The summed E-state index contributed by atoms with van der Waals surface area (Å²) in [5, 5.41) is 3.98. The van der Waals surface area contributed by atoms with E-state index in [1.54, 1.807) is 0 Å². The number of halogens is 2. The second-order valence-corrected chi connectivity index (χ2v) is 4.62. The van der Waals surface area contributed by atoms with Crippen molar-refractivity contribution in [3.8, 4) is 5.75 Å². The van der Waals surface area contributed by atoms with E-state index in [2.05, 4.69) is 21.2 Å². The van der Waals surface area contributed by atoms with Gasteiger partial charge in [-0.25, -0.2) is 0 Å². The summed E-state index contributed by atoms with van der Waals surface area (Å²) < 4.78 is 6.57. The summed E-state index contributed by atoms with van der Waals surface area (Å²) in [5.74, 6) is 0.811. The normalized spacial score (nSPS) is 20.3. The third-order valence-electron chi connectivity index (χ3n) is 2.26. The van der Waals surface area contributed by atoms with Crippen molar-refractivity contribution in [1.82, 2.24) is 5.32 Å². The van der Waals surface area contributed by atoms with Crippen molar-refractivity contribution in [1.29, 1.82) is 0 Å². The molecule has 76 valence electrons. The SMILES string of the molecule is Clc1ccc(Br)c(OCC2CCN2)c1. The molecule has 1 N–H and O–H groups in total. The molecule has 1 atom stereocenters. The van der Waals surface area contributed by atoms with Gasteiger partial charge in [-0.2, -0.15) is 0 Å². The molecule has 1 aromatic carbocycles. The Hall–Kier alpha value is -0.250. The molecule has 14 heavy (non-hydrogen) atoms. The summed E-state index contributed by atoms with van der Waals surface area (Å²) in [6.07, 6.45) is 1.19. The Kier molecular flexibility index (Phi) is 3.31. The van der Waals surface area contributed by atoms with Crippen LogP contribution >= 0.6 is 27.5 Å². The Labute approximate surface area is 96.7 Å². The van der Waals surface area contributed by atoms with Crippen molar-refractivity contribution in [2.24, 2.45) is 0 Å². The summed E-state index contributed by atoms with van der Waals surface area (Å²) in [7, 11) is 0. The smallest absolute Gasteiger partial charge is 0.135 e. The lowest BCUT2D eigenvalue weighted by molar-refractivity contribution is 0.216. The lowest BCUT2D eigenvalue weighted by Gasteiger charge is -2.27. The van der Waals surface area contributed by atoms with E-state index >= 15 is 0 Å². The average molecular weight is 277 g/mol. The van der Waals surface area contributed by atoms with Gasteiger partial charge in [-0.3, -0.25) is 0 Å². The number of hydrogen-bond donors (Lipinski definition) is 1. The molecule has 0 amide bonds. The van der Waals surface area contributed by atoms with Gasteiger partial charge in [0.15, 0.2) is 0 Å². The van der Waals surface area contributed by atoms with Crippen LogP contribution in [0.4, 0.5) is 0 Å². The van der Waals surface area contributed by atoms with Gasteiger partial charge in [0.25, 0.3) is 0 Å². The second-order valence-electron chi connectivity index (χ2n) is 3.33. The minimum Gasteiger partial charge on any atom is -0.491 e. The van der Waals surface area contributed by atoms with Crippen LogP contribution in [0.15, 0.2) is 22.7 Å². The number of benzene rings is 1. The van der Waals surface area contributed by atoms with Crippen LogP contribution in [0.5, 0.6) is 5.75 Å². The third-order valence-corrected chi connectivity index (χ3v) is 3.15. The second kappa shape index (κ2) is 4.51. The zero-order valence-electron chi connectivity index (χ0n) is 7.59. The van der Waals surface area contributed by atoms with Crippen LogP contribution in [0.3, 0.4) is 0 Å². The van der Waals surface area contributed by atoms with E-state index in [1.165, 1.54) is 6.42 Å². The molecule has 0 aliphatic carbocycles. The first kappa shape index (κ1) is 10.3. The van der Waals surface area contributed by atoms with Crippen LogP contribution in [0.1, 0.15) is 6.42 Å². The Morgan fingerprint density at radius 1 is 1.57 bits per heavy atom. The van der Waals surface area contributed by atoms with E-state index < -0.39 is 0 Å².